The van der Waals surface area contributed by atoms with Crippen LogP contribution in [0.5, 0.6) is 0 Å². The molecule has 0 rings (SSSR count). The summed E-state index contributed by atoms with van der Waals surface area (Å²) in [5, 5.41) is 23.3. The first-order valence-electron chi connectivity index (χ1n) is 31.9. The maximum atomic E-state index is 12.5. The second kappa shape index (κ2) is 60.2. The molecule has 1 amide bonds. The van der Waals surface area contributed by atoms with Crippen LogP contribution in [0.25, 0.3) is 0 Å². The Labute approximate surface area is 438 Å². The van der Waals surface area contributed by atoms with Crippen molar-refractivity contribution in [3.63, 3.8) is 0 Å². The lowest BCUT2D eigenvalue weighted by Crippen LogP contribution is -2.45. The number of hydrogen-bond acceptors (Lipinski definition) is 5. The normalized spacial score (nSPS) is 12.6. The van der Waals surface area contributed by atoms with Crippen LogP contribution in [0.4, 0.5) is 0 Å². The van der Waals surface area contributed by atoms with Crippen LogP contribution in [0.1, 0.15) is 361 Å². The number of carbonyl (C=O) groups excluding carboxylic acids is 2. The molecule has 0 saturated heterocycles. The quantitative estimate of drug-likeness (QED) is 0.0321. The van der Waals surface area contributed by atoms with Crippen molar-refractivity contribution >= 4 is 11.9 Å². The first-order valence-corrected chi connectivity index (χ1v) is 31.9. The third-order valence-electron chi connectivity index (χ3n) is 15.1. The summed E-state index contributed by atoms with van der Waals surface area (Å²) in [6.45, 7) is 4.98. The van der Waals surface area contributed by atoms with E-state index in [2.05, 4.69) is 31.3 Å². The number of esters is 1. The molecule has 0 aliphatic rings. The Hall–Kier alpha value is -1.40. The molecule has 6 heteroatoms. The van der Waals surface area contributed by atoms with Gasteiger partial charge < -0.3 is 20.3 Å². The Bertz CT molecular complexity index is 1050. The lowest BCUT2D eigenvalue weighted by molar-refractivity contribution is -0.143. The van der Waals surface area contributed by atoms with E-state index in [4.69, 9.17) is 4.74 Å². The van der Waals surface area contributed by atoms with Crippen LogP contribution < -0.4 is 5.32 Å². The Morgan fingerprint density at radius 3 is 1.01 bits per heavy atom. The van der Waals surface area contributed by atoms with Crippen LogP contribution in [-0.4, -0.2) is 47.4 Å². The monoisotopic (exact) mass is 988 g/mol. The van der Waals surface area contributed by atoms with E-state index in [9.17, 15) is 19.8 Å². The Kier molecular flexibility index (Phi) is 59.0. The molecule has 70 heavy (non-hydrogen) atoms. The molecule has 0 bridgehead atoms. The fourth-order valence-corrected chi connectivity index (χ4v) is 10.2. The molecule has 416 valence electrons. The van der Waals surface area contributed by atoms with Gasteiger partial charge in [0.05, 0.1) is 25.4 Å². The lowest BCUT2D eigenvalue weighted by atomic mass is 10.0. The van der Waals surface area contributed by atoms with Gasteiger partial charge in [-0.15, -0.1) is 0 Å². The highest BCUT2D eigenvalue weighted by Crippen LogP contribution is 2.18. The maximum Gasteiger partial charge on any atom is 0.305 e. The van der Waals surface area contributed by atoms with E-state index in [1.165, 1.54) is 289 Å². The van der Waals surface area contributed by atoms with E-state index in [1.807, 2.05) is 0 Å². The van der Waals surface area contributed by atoms with Gasteiger partial charge in [0.2, 0.25) is 5.91 Å². The number of rotatable bonds is 60. The van der Waals surface area contributed by atoms with Gasteiger partial charge in [-0.3, -0.25) is 9.59 Å². The zero-order valence-electron chi connectivity index (χ0n) is 47.5. The minimum absolute atomic E-state index is 0.0114. The van der Waals surface area contributed by atoms with E-state index in [0.29, 0.717) is 25.9 Å². The molecule has 3 N–H and O–H groups in total. The molecule has 2 atom stereocenters. The number of hydrogen-bond donors (Lipinski definition) is 3. The number of allylic oxidation sites excluding steroid dienone is 2. The summed E-state index contributed by atoms with van der Waals surface area (Å²) in [6, 6.07) is -0.547. The average molecular weight is 989 g/mol. The van der Waals surface area contributed by atoms with Crippen LogP contribution in [0.3, 0.4) is 0 Å². The molecule has 0 aromatic heterocycles. The molecule has 2 unspecified atom stereocenters. The van der Waals surface area contributed by atoms with E-state index >= 15 is 0 Å². The molecule has 6 nitrogen and oxygen atoms in total. The van der Waals surface area contributed by atoms with Crippen molar-refractivity contribution in [2.24, 2.45) is 0 Å². The van der Waals surface area contributed by atoms with E-state index in [-0.39, 0.29) is 18.5 Å². The standard InChI is InChI=1S/C64H125NO5/c1-3-5-7-9-11-13-15-17-19-20-26-29-32-36-40-44-48-52-56-62(67)61(60-66)65-63(68)57-53-49-45-41-37-33-30-27-24-22-21-23-25-28-31-35-39-43-47-51-55-59-70-64(69)58-54-50-46-42-38-34-18-16-14-12-10-8-6-4-2/h22,24,61-62,66-67H,3-21,23,25-60H2,1-2H3,(H,65,68)/b24-22-. The van der Waals surface area contributed by atoms with Gasteiger partial charge in [0, 0.05) is 12.8 Å². The number of carbonyl (C=O) groups is 2. The van der Waals surface area contributed by atoms with Gasteiger partial charge in [0.1, 0.15) is 0 Å². The average Bonchev–Trinajstić information content (AvgIpc) is 3.36. The molecule has 0 radical (unpaired) electrons. The minimum Gasteiger partial charge on any atom is -0.466 e. The summed E-state index contributed by atoms with van der Waals surface area (Å²) in [4.78, 5) is 24.6. The zero-order valence-corrected chi connectivity index (χ0v) is 47.5. The van der Waals surface area contributed by atoms with Crippen LogP contribution in [0.2, 0.25) is 0 Å². The number of aliphatic hydroxyl groups excluding tert-OH is 2. The molecule has 0 heterocycles. The lowest BCUT2D eigenvalue weighted by Gasteiger charge is -2.22. The summed E-state index contributed by atoms with van der Waals surface area (Å²) in [5.74, 6) is -0.0279. The van der Waals surface area contributed by atoms with Crippen LogP contribution in [-0.2, 0) is 14.3 Å². The van der Waals surface area contributed by atoms with Crippen LogP contribution in [0, 0.1) is 0 Å². The summed E-state index contributed by atoms with van der Waals surface area (Å²) in [7, 11) is 0. The summed E-state index contributed by atoms with van der Waals surface area (Å²) in [5.41, 5.74) is 0. The van der Waals surface area contributed by atoms with Gasteiger partial charge in [0.15, 0.2) is 0 Å². The molecular formula is C64H125NO5. The van der Waals surface area contributed by atoms with E-state index in [1.54, 1.807) is 0 Å². The maximum absolute atomic E-state index is 12.5. The van der Waals surface area contributed by atoms with Crippen molar-refractivity contribution in [1.29, 1.82) is 0 Å². The van der Waals surface area contributed by atoms with Gasteiger partial charge in [-0.05, 0) is 51.4 Å². The highest BCUT2D eigenvalue weighted by atomic mass is 16.5. The zero-order chi connectivity index (χ0) is 50.7. The van der Waals surface area contributed by atoms with E-state index < -0.39 is 12.1 Å². The molecule has 0 aromatic rings. The van der Waals surface area contributed by atoms with Crippen molar-refractivity contribution in [2.75, 3.05) is 13.2 Å². The molecular weight excluding hydrogens is 863 g/mol. The van der Waals surface area contributed by atoms with Crippen LogP contribution >= 0.6 is 0 Å². The number of ether oxygens (including phenoxy) is 1. The first-order chi connectivity index (χ1) is 34.5. The molecule has 0 fully saturated rings. The molecule has 0 spiro atoms. The minimum atomic E-state index is -0.669. The second-order valence-corrected chi connectivity index (χ2v) is 22.1. The number of unbranched alkanes of at least 4 members (excludes halogenated alkanes) is 47. The highest BCUT2D eigenvalue weighted by molar-refractivity contribution is 5.76. The number of nitrogens with one attached hydrogen (secondary N) is 1. The van der Waals surface area contributed by atoms with Gasteiger partial charge in [0.25, 0.3) is 0 Å². The summed E-state index contributed by atoms with van der Waals surface area (Å²) < 4.78 is 5.48. The van der Waals surface area contributed by atoms with Crippen molar-refractivity contribution < 1.29 is 24.5 Å². The predicted octanol–water partition coefficient (Wildman–Crippen LogP) is 20.0. The summed E-state index contributed by atoms with van der Waals surface area (Å²) in [6.07, 6.45) is 72.2. The Morgan fingerprint density at radius 2 is 0.671 bits per heavy atom. The smallest absolute Gasteiger partial charge is 0.305 e. The number of aliphatic hydroxyl groups is 2. The van der Waals surface area contributed by atoms with Gasteiger partial charge in [-0.2, -0.15) is 0 Å². The largest absolute Gasteiger partial charge is 0.466 e. The fourth-order valence-electron chi connectivity index (χ4n) is 10.2. The van der Waals surface area contributed by atoms with E-state index in [0.717, 1.165) is 38.5 Å². The SMILES string of the molecule is CCCCCCCCCCCCCCCCCCCCC(O)C(CO)NC(=O)CCCCCCCCC/C=C\CCCCCCCCCCCCOC(=O)CCCCCCCCCCCCCCCC. The molecule has 0 aromatic carbocycles. The fraction of sp³-hybridized carbons (Fsp3) is 0.938. The summed E-state index contributed by atoms with van der Waals surface area (Å²) >= 11 is 0. The topological polar surface area (TPSA) is 95.9 Å². The van der Waals surface area contributed by atoms with Crippen molar-refractivity contribution in [3.05, 3.63) is 12.2 Å². The molecule has 0 aliphatic heterocycles. The molecule has 0 aliphatic carbocycles. The Balaban J connectivity index is 3.41. The van der Waals surface area contributed by atoms with Crippen molar-refractivity contribution in [1.82, 2.24) is 5.32 Å². The third kappa shape index (κ3) is 55.9. The second-order valence-electron chi connectivity index (χ2n) is 22.1. The predicted molar refractivity (Wildman–Crippen MR) is 306 cm³/mol. The van der Waals surface area contributed by atoms with Crippen LogP contribution in [0.15, 0.2) is 12.2 Å². The molecule has 0 saturated carbocycles. The first kappa shape index (κ1) is 68.6. The van der Waals surface area contributed by atoms with Gasteiger partial charge >= 0.3 is 5.97 Å². The van der Waals surface area contributed by atoms with Gasteiger partial charge in [-0.1, -0.05) is 309 Å². The van der Waals surface area contributed by atoms with Crippen molar-refractivity contribution in [3.8, 4) is 0 Å². The van der Waals surface area contributed by atoms with Gasteiger partial charge in [-0.25, -0.2) is 0 Å². The Morgan fingerprint density at radius 1 is 0.386 bits per heavy atom. The third-order valence-corrected chi connectivity index (χ3v) is 15.1. The highest BCUT2D eigenvalue weighted by Gasteiger charge is 2.20. The van der Waals surface area contributed by atoms with Crippen molar-refractivity contribution in [2.45, 2.75) is 373 Å². The number of amides is 1.